The molecule has 0 aromatic heterocycles. The summed E-state index contributed by atoms with van der Waals surface area (Å²) in [6.45, 7) is 0.963. The summed E-state index contributed by atoms with van der Waals surface area (Å²) in [7, 11) is 0. The molecule has 3 amide bonds. The van der Waals surface area contributed by atoms with Gasteiger partial charge in [-0.1, -0.05) is 24.6 Å². The molecule has 0 bridgehead atoms. The zero-order chi connectivity index (χ0) is 27.5. The topological polar surface area (TPSA) is 120 Å². The van der Waals surface area contributed by atoms with Crippen LogP contribution in [0.4, 0.5) is 17.6 Å². The number of halogens is 5. The Kier molecular flexibility index (Phi) is 8.31. The predicted molar refractivity (Wildman–Crippen MR) is 128 cm³/mol. The third-order valence-corrected chi connectivity index (χ3v) is 6.81. The highest BCUT2D eigenvalue weighted by molar-refractivity contribution is 6.35. The van der Waals surface area contributed by atoms with Gasteiger partial charge in [0.25, 0.3) is 0 Å². The van der Waals surface area contributed by atoms with E-state index in [2.05, 4.69) is 5.32 Å². The normalized spacial score (nSPS) is 19.9. The van der Waals surface area contributed by atoms with E-state index in [1.54, 1.807) is 6.92 Å². The van der Waals surface area contributed by atoms with E-state index in [0.717, 1.165) is 28.3 Å². The molecular formula is C24H26ClF4N5O3. The summed E-state index contributed by atoms with van der Waals surface area (Å²) in [5, 5.41) is 9.43. The number of nitrogens with zero attached hydrogens (tertiary/aromatic N) is 2. The van der Waals surface area contributed by atoms with Gasteiger partial charge in [-0.2, -0.15) is 13.2 Å². The molecule has 1 heterocycles. The summed E-state index contributed by atoms with van der Waals surface area (Å²) in [6.07, 6.45) is -1.36. The Morgan fingerprint density at radius 1 is 1.27 bits per heavy atom. The molecule has 1 aliphatic heterocycles. The van der Waals surface area contributed by atoms with Crippen molar-refractivity contribution in [2.45, 2.75) is 38.4 Å². The summed E-state index contributed by atoms with van der Waals surface area (Å²) >= 11 is 5.89. The summed E-state index contributed by atoms with van der Waals surface area (Å²) < 4.78 is 54.5. The van der Waals surface area contributed by atoms with E-state index < -0.39 is 41.2 Å². The van der Waals surface area contributed by atoms with E-state index in [-0.39, 0.29) is 48.8 Å². The van der Waals surface area contributed by atoms with Crippen LogP contribution in [-0.4, -0.2) is 59.5 Å². The maximum atomic E-state index is 13.8. The number of nitrogens with two attached hydrogens (primary N) is 1. The lowest BCUT2D eigenvalue weighted by Gasteiger charge is -2.42. The average molecular weight is 544 g/mol. The molecular weight excluding hydrogens is 518 g/mol. The number of amides is 3. The molecule has 8 nitrogen and oxygen atoms in total. The number of piperazine rings is 1. The third kappa shape index (κ3) is 5.79. The number of alkyl halides is 3. The molecule has 0 unspecified atom stereocenters. The average Bonchev–Trinajstić information content (AvgIpc) is 3.69. The summed E-state index contributed by atoms with van der Waals surface area (Å²) in [5.74, 6) is -3.95. The largest absolute Gasteiger partial charge is 0.403 e. The van der Waals surface area contributed by atoms with Crippen LogP contribution in [0.1, 0.15) is 37.8 Å². The Morgan fingerprint density at radius 3 is 2.46 bits per heavy atom. The quantitative estimate of drug-likeness (QED) is 0.220. The Bertz CT molecular complexity index is 1160. The van der Waals surface area contributed by atoms with Gasteiger partial charge < -0.3 is 26.3 Å². The number of hydrogen-bond acceptors (Lipinski definition) is 5. The van der Waals surface area contributed by atoms with E-state index in [0.29, 0.717) is 12.0 Å². The van der Waals surface area contributed by atoms with Gasteiger partial charge in [-0.25, -0.2) is 4.39 Å². The van der Waals surface area contributed by atoms with Crippen molar-refractivity contribution < 1.29 is 31.9 Å². The minimum atomic E-state index is -4.71. The zero-order valence-electron chi connectivity index (χ0n) is 19.9. The van der Waals surface area contributed by atoms with Crippen LogP contribution in [0.25, 0.3) is 0 Å². The lowest BCUT2D eigenvalue weighted by Crippen LogP contribution is -2.57. The molecule has 1 aromatic rings. The van der Waals surface area contributed by atoms with Gasteiger partial charge >= 0.3 is 18.0 Å². The van der Waals surface area contributed by atoms with E-state index in [1.807, 2.05) is 0 Å². The first kappa shape index (κ1) is 28.2. The van der Waals surface area contributed by atoms with Crippen molar-refractivity contribution in [3.63, 3.8) is 0 Å². The molecule has 1 aromatic carbocycles. The molecule has 1 saturated heterocycles. The molecule has 2 aliphatic rings. The third-order valence-electron chi connectivity index (χ3n) is 6.53. The number of benzene rings is 1. The highest BCUT2D eigenvalue weighted by atomic mass is 35.5. The van der Waals surface area contributed by atoms with E-state index in [4.69, 9.17) is 22.7 Å². The Morgan fingerprint density at radius 2 is 1.95 bits per heavy atom. The molecule has 0 radical (unpaired) electrons. The Balaban J connectivity index is 1.88. The fraction of sp³-hybridized carbons (Fsp3) is 0.417. The van der Waals surface area contributed by atoms with Crippen LogP contribution in [-0.2, 0) is 14.4 Å². The Hall–Kier alpha value is -3.41. The molecule has 0 spiro atoms. The maximum absolute atomic E-state index is 13.8. The first-order valence-electron chi connectivity index (χ1n) is 11.4. The summed E-state index contributed by atoms with van der Waals surface area (Å²) in [4.78, 5) is 40.9. The van der Waals surface area contributed by atoms with Crippen LogP contribution >= 0.6 is 11.6 Å². The minimum Gasteiger partial charge on any atom is -0.403 e. The van der Waals surface area contributed by atoms with Crippen molar-refractivity contribution in [1.29, 1.82) is 5.41 Å². The van der Waals surface area contributed by atoms with Gasteiger partial charge in [0.2, 0.25) is 5.91 Å². The van der Waals surface area contributed by atoms with Gasteiger partial charge in [-0.15, -0.1) is 0 Å². The van der Waals surface area contributed by atoms with Gasteiger partial charge in [0.05, 0.1) is 16.8 Å². The molecule has 4 N–H and O–H groups in total. The van der Waals surface area contributed by atoms with Crippen molar-refractivity contribution in [3.05, 3.63) is 58.1 Å². The van der Waals surface area contributed by atoms with Crippen LogP contribution in [0, 0.1) is 16.6 Å². The van der Waals surface area contributed by atoms with Crippen LogP contribution < -0.4 is 11.1 Å². The lowest BCUT2D eigenvalue weighted by molar-refractivity contribution is -0.200. The van der Waals surface area contributed by atoms with Crippen molar-refractivity contribution in [3.8, 4) is 0 Å². The Labute approximate surface area is 215 Å². The van der Waals surface area contributed by atoms with Crippen molar-refractivity contribution in [2.75, 3.05) is 19.6 Å². The van der Waals surface area contributed by atoms with Gasteiger partial charge in [-0.3, -0.25) is 14.4 Å². The first-order valence-corrected chi connectivity index (χ1v) is 11.8. The molecule has 13 heteroatoms. The maximum Gasteiger partial charge on any atom is 0.403 e. The van der Waals surface area contributed by atoms with Crippen LogP contribution in [0.5, 0.6) is 0 Å². The smallest absolute Gasteiger partial charge is 0.403 e. The summed E-state index contributed by atoms with van der Waals surface area (Å²) in [5.41, 5.74) is 3.92. The van der Waals surface area contributed by atoms with Gasteiger partial charge in [0, 0.05) is 32.0 Å². The second-order valence-corrected chi connectivity index (χ2v) is 9.22. The van der Waals surface area contributed by atoms with Crippen LogP contribution in [0.15, 0.2) is 41.7 Å². The van der Waals surface area contributed by atoms with E-state index in [1.165, 1.54) is 18.2 Å². The number of hydrogen-bond donors (Lipinski definition) is 3. The molecule has 200 valence electrons. The molecule has 1 saturated carbocycles. The summed E-state index contributed by atoms with van der Waals surface area (Å²) in [6, 6.07) is 2.46. The first-order chi connectivity index (χ1) is 17.4. The highest BCUT2D eigenvalue weighted by Gasteiger charge is 2.69. The second-order valence-electron chi connectivity index (χ2n) is 8.81. The molecule has 1 atom stereocenters. The number of rotatable bonds is 6. The van der Waals surface area contributed by atoms with Crippen LogP contribution in [0.2, 0.25) is 5.02 Å². The van der Waals surface area contributed by atoms with E-state index >= 15 is 0 Å². The monoisotopic (exact) mass is 543 g/mol. The number of carbonyl (C=O) groups excluding carboxylic acids is 3. The fourth-order valence-corrected chi connectivity index (χ4v) is 4.34. The van der Waals surface area contributed by atoms with E-state index in [9.17, 15) is 31.9 Å². The van der Waals surface area contributed by atoms with Gasteiger partial charge in [0.15, 0.2) is 0 Å². The predicted octanol–water partition coefficient (Wildman–Crippen LogP) is 3.44. The van der Waals surface area contributed by atoms with Gasteiger partial charge in [0.1, 0.15) is 11.2 Å². The standard InChI is InChI=1S/C24H26ClF4N5O3/c1-2-14(11-30)9-16(12-31)32-20(35)21(36)34-8-7-33(22(37)23(5-6-23)24(27,28)29)13-19(34)15-3-4-18(26)17(25)10-15/h3-4,9-12,19,30H,2,5-8,13,31H2,1H3,(H,32,35)/b14-9-,16-12+,30-11?/t19-/m1/s1. The molecule has 1 aliphatic carbocycles. The highest BCUT2D eigenvalue weighted by Crippen LogP contribution is 2.58. The van der Waals surface area contributed by atoms with Crippen molar-refractivity contribution in [1.82, 2.24) is 15.1 Å². The second kappa shape index (κ2) is 10.9. The molecule has 3 rings (SSSR count). The fourth-order valence-electron chi connectivity index (χ4n) is 4.15. The SMILES string of the molecule is CC/C(C=N)=C/C(=C\N)NC(=O)C(=O)N1CCN(C(=O)C2(C(F)(F)F)CC2)C[C@@H]1c1ccc(F)c(Cl)c1. The number of carbonyl (C=O) groups is 3. The molecule has 37 heavy (non-hydrogen) atoms. The van der Waals surface area contributed by atoms with Crippen molar-refractivity contribution >= 4 is 35.5 Å². The van der Waals surface area contributed by atoms with Crippen LogP contribution in [0.3, 0.4) is 0 Å². The minimum absolute atomic E-state index is 0.0646. The van der Waals surface area contributed by atoms with Crippen molar-refractivity contribution in [2.24, 2.45) is 11.1 Å². The lowest BCUT2D eigenvalue weighted by atomic mass is 9.98. The molecule has 2 fully saturated rings. The number of allylic oxidation sites excluding steroid dienone is 2. The van der Waals surface area contributed by atoms with Gasteiger partial charge in [-0.05, 0) is 48.6 Å². The number of nitrogens with one attached hydrogen (secondary N) is 2. The zero-order valence-corrected chi connectivity index (χ0v) is 20.6.